The van der Waals surface area contributed by atoms with Crippen LogP contribution in [-0.4, -0.2) is 22.7 Å². The molecule has 22 heavy (non-hydrogen) atoms. The average Bonchev–Trinajstić information content (AvgIpc) is 2.47. The fourth-order valence-corrected chi connectivity index (χ4v) is 1.94. The molecule has 0 saturated carbocycles. The number of pyridine rings is 1. The third kappa shape index (κ3) is 3.39. The molecule has 0 bridgehead atoms. The number of hydrogen-bond acceptors (Lipinski definition) is 4. The molecule has 0 aliphatic heterocycles. The van der Waals surface area contributed by atoms with E-state index in [1.165, 1.54) is 30.5 Å². The van der Waals surface area contributed by atoms with Crippen LogP contribution in [0.15, 0.2) is 36.5 Å². The first-order valence-electron chi connectivity index (χ1n) is 6.05. The number of anilines is 1. The van der Waals surface area contributed by atoms with E-state index in [0.717, 1.165) is 0 Å². The van der Waals surface area contributed by atoms with Crippen molar-refractivity contribution in [3.05, 3.63) is 58.4 Å². The number of amides is 3. The van der Waals surface area contributed by atoms with Crippen molar-refractivity contribution in [3.8, 4) is 0 Å². The summed E-state index contributed by atoms with van der Waals surface area (Å²) in [6.45, 7) is 0. The number of nitrogens with two attached hydrogens (primary N) is 2. The number of halogens is 1. The summed E-state index contributed by atoms with van der Waals surface area (Å²) in [5, 5.41) is 2.54. The van der Waals surface area contributed by atoms with Gasteiger partial charge in [0.15, 0.2) is 0 Å². The summed E-state index contributed by atoms with van der Waals surface area (Å²) in [5.41, 5.74) is 10.8. The zero-order valence-electron chi connectivity index (χ0n) is 11.2. The van der Waals surface area contributed by atoms with Crippen molar-refractivity contribution in [2.24, 2.45) is 11.5 Å². The maximum atomic E-state index is 12.1. The maximum Gasteiger partial charge on any atom is 0.258 e. The molecule has 3 amide bonds. The molecule has 2 rings (SSSR count). The second-order valence-corrected chi connectivity index (χ2v) is 4.68. The van der Waals surface area contributed by atoms with E-state index in [4.69, 9.17) is 23.1 Å². The third-order valence-electron chi connectivity index (χ3n) is 2.76. The van der Waals surface area contributed by atoms with E-state index < -0.39 is 17.7 Å². The first kappa shape index (κ1) is 15.5. The lowest BCUT2D eigenvalue weighted by Crippen LogP contribution is -2.18. The Bertz CT molecular complexity index is 744. The van der Waals surface area contributed by atoms with Gasteiger partial charge in [-0.2, -0.15) is 0 Å². The number of primary amides is 2. The van der Waals surface area contributed by atoms with E-state index in [0.29, 0.717) is 0 Å². The third-order valence-corrected chi connectivity index (χ3v) is 3.06. The molecule has 2 aromatic rings. The van der Waals surface area contributed by atoms with Crippen molar-refractivity contribution in [1.29, 1.82) is 0 Å². The Morgan fingerprint density at radius 1 is 1.05 bits per heavy atom. The number of nitrogens with one attached hydrogen (secondary N) is 1. The lowest BCUT2D eigenvalue weighted by molar-refractivity contribution is 0.0994. The van der Waals surface area contributed by atoms with Crippen LogP contribution in [0.1, 0.15) is 31.1 Å². The van der Waals surface area contributed by atoms with E-state index in [1.807, 2.05) is 0 Å². The Hall–Kier alpha value is -2.93. The van der Waals surface area contributed by atoms with E-state index in [2.05, 4.69) is 10.3 Å². The molecule has 0 spiro atoms. The van der Waals surface area contributed by atoms with Gasteiger partial charge in [0.05, 0.1) is 5.56 Å². The minimum absolute atomic E-state index is 0.0289. The molecule has 0 aliphatic carbocycles. The molecule has 1 heterocycles. The number of aromatic nitrogens is 1. The Morgan fingerprint density at radius 2 is 1.64 bits per heavy atom. The SMILES string of the molecule is NC(=O)c1cc(NC(=O)c2cccnc2Cl)cc(C(N)=O)c1. The highest BCUT2D eigenvalue weighted by Crippen LogP contribution is 2.18. The van der Waals surface area contributed by atoms with Crippen LogP contribution < -0.4 is 16.8 Å². The predicted octanol–water partition coefficient (Wildman–Crippen LogP) is 1.19. The summed E-state index contributed by atoms with van der Waals surface area (Å²) in [6.07, 6.45) is 1.44. The van der Waals surface area contributed by atoms with Gasteiger partial charge >= 0.3 is 0 Å². The maximum absolute atomic E-state index is 12.1. The van der Waals surface area contributed by atoms with Crippen LogP contribution in [0.5, 0.6) is 0 Å². The Balaban J connectivity index is 2.37. The Labute approximate surface area is 130 Å². The summed E-state index contributed by atoms with van der Waals surface area (Å²) in [5.74, 6) is -2.05. The molecule has 5 N–H and O–H groups in total. The summed E-state index contributed by atoms with van der Waals surface area (Å²) in [4.78, 5) is 38.4. The number of benzene rings is 1. The fraction of sp³-hybridized carbons (Fsp3) is 0. The molecule has 0 fully saturated rings. The highest BCUT2D eigenvalue weighted by atomic mass is 35.5. The fourth-order valence-electron chi connectivity index (χ4n) is 1.74. The van der Waals surface area contributed by atoms with Gasteiger partial charge in [0.2, 0.25) is 11.8 Å². The van der Waals surface area contributed by atoms with Crippen LogP contribution in [0, 0.1) is 0 Å². The number of rotatable bonds is 4. The number of nitrogens with zero attached hydrogens (tertiary/aromatic N) is 1. The molecule has 0 radical (unpaired) electrons. The molecule has 0 saturated heterocycles. The van der Waals surface area contributed by atoms with Crippen LogP contribution in [0.25, 0.3) is 0 Å². The van der Waals surface area contributed by atoms with Gasteiger partial charge in [0, 0.05) is 23.0 Å². The van der Waals surface area contributed by atoms with Crippen molar-refractivity contribution in [1.82, 2.24) is 4.98 Å². The van der Waals surface area contributed by atoms with Crippen LogP contribution in [0.3, 0.4) is 0 Å². The van der Waals surface area contributed by atoms with Gasteiger partial charge in [-0.15, -0.1) is 0 Å². The lowest BCUT2D eigenvalue weighted by Gasteiger charge is -2.09. The van der Waals surface area contributed by atoms with Crippen LogP contribution in [0.4, 0.5) is 5.69 Å². The molecule has 0 atom stereocenters. The van der Waals surface area contributed by atoms with E-state index in [9.17, 15) is 14.4 Å². The summed E-state index contributed by atoms with van der Waals surface area (Å²) in [7, 11) is 0. The lowest BCUT2D eigenvalue weighted by atomic mass is 10.1. The molecule has 1 aromatic carbocycles. The molecule has 0 aliphatic rings. The highest BCUT2D eigenvalue weighted by Gasteiger charge is 2.14. The smallest absolute Gasteiger partial charge is 0.258 e. The molecule has 1 aromatic heterocycles. The van der Waals surface area contributed by atoms with Crippen LogP contribution in [0.2, 0.25) is 5.15 Å². The van der Waals surface area contributed by atoms with Gasteiger partial charge in [-0.1, -0.05) is 11.6 Å². The highest BCUT2D eigenvalue weighted by molar-refractivity contribution is 6.33. The minimum atomic E-state index is -0.752. The first-order valence-corrected chi connectivity index (χ1v) is 6.43. The normalized spacial score (nSPS) is 10.0. The van der Waals surface area contributed by atoms with E-state index in [-0.39, 0.29) is 27.5 Å². The van der Waals surface area contributed by atoms with Crippen molar-refractivity contribution < 1.29 is 14.4 Å². The van der Waals surface area contributed by atoms with Crippen LogP contribution >= 0.6 is 11.6 Å². The Morgan fingerprint density at radius 3 is 2.14 bits per heavy atom. The second-order valence-electron chi connectivity index (χ2n) is 4.32. The molecule has 8 heteroatoms. The Kier molecular flexibility index (Phi) is 4.38. The summed E-state index contributed by atoms with van der Waals surface area (Å²) in [6, 6.07) is 6.94. The zero-order valence-corrected chi connectivity index (χ0v) is 11.9. The van der Waals surface area contributed by atoms with Gasteiger partial charge in [0.1, 0.15) is 5.15 Å². The number of carbonyl (C=O) groups is 3. The molecular formula is C14H11ClN4O3. The van der Waals surface area contributed by atoms with Crippen LogP contribution in [-0.2, 0) is 0 Å². The van der Waals surface area contributed by atoms with Crippen molar-refractivity contribution in [2.75, 3.05) is 5.32 Å². The molecule has 7 nitrogen and oxygen atoms in total. The number of carbonyl (C=O) groups excluding carboxylic acids is 3. The van der Waals surface area contributed by atoms with Gasteiger partial charge in [-0.25, -0.2) is 4.98 Å². The predicted molar refractivity (Wildman–Crippen MR) is 80.7 cm³/mol. The van der Waals surface area contributed by atoms with Gasteiger partial charge in [0.25, 0.3) is 5.91 Å². The molecule has 112 valence electrons. The van der Waals surface area contributed by atoms with Gasteiger partial charge in [-0.05, 0) is 30.3 Å². The average molecular weight is 319 g/mol. The second kappa shape index (κ2) is 6.23. The van der Waals surface area contributed by atoms with Crippen molar-refractivity contribution in [2.45, 2.75) is 0 Å². The van der Waals surface area contributed by atoms with Crippen molar-refractivity contribution in [3.63, 3.8) is 0 Å². The zero-order chi connectivity index (χ0) is 16.3. The molecular weight excluding hydrogens is 308 g/mol. The quantitative estimate of drug-likeness (QED) is 0.731. The van der Waals surface area contributed by atoms with Gasteiger partial charge < -0.3 is 16.8 Å². The largest absolute Gasteiger partial charge is 0.366 e. The minimum Gasteiger partial charge on any atom is -0.366 e. The van der Waals surface area contributed by atoms with E-state index in [1.54, 1.807) is 6.07 Å². The first-order chi connectivity index (χ1) is 10.4. The standard InChI is InChI=1S/C14H11ClN4O3/c15-11-10(2-1-3-18-11)14(22)19-9-5-7(12(16)20)4-8(6-9)13(17)21/h1-6H,(H2,16,20)(H2,17,21)(H,19,22). The van der Waals surface area contributed by atoms with E-state index >= 15 is 0 Å². The van der Waals surface area contributed by atoms with Crippen molar-refractivity contribution >= 4 is 35.0 Å². The number of hydrogen-bond donors (Lipinski definition) is 3. The monoisotopic (exact) mass is 318 g/mol. The summed E-state index contributed by atoms with van der Waals surface area (Å²) < 4.78 is 0. The topological polar surface area (TPSA) is 128 Å². The summed E-state index contributed by atoms with van der Waals surface area (Å²) >= 11 is 5.83. The molecule has 0 unspecified atom stereocenters. The van der Waals surface area contributed by atoms with Gasteiger partial charge in [-0.3, -0.25) is 14.4 Å².